The molecule has 0 bridgehead atoms. The minimum atomic E-state index is 0.370. The summed E-state index contributed by atoms with van der Waals surface area (Å²) in [6.45, 7) is 0. The molecule has 0 fully saturated rings. The number of nitrogens with two attached hydrogens (primary N) is 1. The van der Waals surface area contributed by atoms with E-state index in [0.29, 0.717) is 5.96 Å². The Balaban J connectivity index is 1.73. The monoisotopic (exact) mass is 363 g/mol. The highest BCUT2D eigenvalue weighted by molar-refractivity contribution is 9.10. The van der Waals surface area contributed by atoms with Crippen LogP contribution in [0.3, 0.4) is 0 Å². The van der Waals surface area contributed by atoms with E-state index in [1.54, 1.807) is 0 Å². The maximum Gasteiger partial charge on any atom is 0.198 e. The van der Waals surface area contributed by atoms with Gasteiger partial charge in [-0.1, -0.05) is 58.4 Å². The molecule has 0 saturated heterocycles. The van der Waals surface area contributed by atoms with Crippen molar-refractivity contribution in [2.45, 2.75) is 0 Å². The van der Waals surface area contributed by atoms with Crippen LogP contribution in [0, 0.1) is 0 Å². The molecule has 0 amide bonds. The van der Waals surface area contributed by atoms with E-state index in [4.69, 9.17) is 5.73 Å². The van der Waals surface area contributed by atoms with E-state index in [9.17, 15) is 0 Å². The Morgan fingerprint density at radius 1 is 0.957 bits per heavy atom. The molecule has 1 aliphatic carbocycles. The molecule has 3 aromatic rings. The van der Waals surface area contributed by atoms with Gasteiger partial charge in [-0.2, -0.15) is 0 Å². The molecular formula is C19H14BrN3. The molecule has 4 heteroatoms. The van der Waals surface area contributed by atoms with Crippen LogP contribution in [0.5, 0.6) is 0 Å². The average Bonchev–Trinajstić information content (AvgIpc) is 2.95. The molecule has 0 spiro atoms. The van der Waals surface area contributed by atoms with E-state index < -0.39 is 0 Å². The van der Waals surface area contributed by atoms with Crippen molar-refractivity contribution in [2.24, 2.45) is 10.7 Å². The molecule has 0 atom stereocenters. The minimum absolute atomic E-state index is 0.370. The molecule has 3 aromatic carbocycles. The molecule has 0 heterocycles. The van der Waals surface area contributed by atoms with Gasteiger partial charge in [0.1, 0.15) is 0 Å². The summed E-state index contributed by atoms with van der Waals surface area (Å²) in [4.78, 5) is 4.56. The normalized spacial score (nSPS) is 12.8. The van der Waals surface area contributed by atoms with Crippen LogP contribution >= 0.6 is 15.9 Å². The summed E-state index contributed by atoms with van der Waals surface area (Å²) in [6.07, 6.45) is 4.27. The van der Waals surface area contributed by atoms with Gasteiger partial charge < -0.3 is 11.1 Å². The third-order valence-electron chi connectivity index (χ3n) is 3.86. The summed E-state index contributed by atoms with van der Waals surface area (Å²) in [7, 11) is 0. The number of benzene rings is 3. The predicted molar refractivity (Wildman–Crippen MR) is 102 cm³/mol. The Kier molecular flexibility index (Phi) is 3.39. The largest absolute Gasteiger partial charge is 0.369 e. The van der Waals surface area contributed by atoms with Gasteiger partial charge >= 0.3 is 0 Å². The maximum atomic E-state index is 6.08. The molecule has 1 aliphatic rings. The first-order valence-corrected chi connectivity index (χ1v) is 8.10. The third kappa shape index (κ3) is 2.62. The van der Waals surface area contributed by atoms with Crippen molar-refractivity contribution < 1.29 is 0 Å². The Labute approximate surface area is 142 Å². The summed E-state index contributed by atoms with van der Waals surface area (Å²) in [5, 5.41) is 5.48. The zero-order valence-electron chi connectivity index (χ0n) is 12.3. The summed E-state index contributed by atoms with van der Waals surface area (Å²) in [6, 6.07) is 18.2. The molecule has 0 aliphatic heterocycles. The first kappa shape index (κ1) is 14.0. The van der Waals surface area contributed by atoms with Gasteiger partial charge in [-0.15, -0.1) is 0 Å². The molecule has 23 heavy (non-hydrogen) atoms. The van der Waals surface area contributed by atoms with E-state index >= 15 is 0 Å². The number of rotatable bonds is 2. The van der Waals surface area contributed by atoms with Crippen LogP contribution in [0.4, 0.5) is 11.4 Å². The summed E-state index contributed by atoms with van der Waals surface area (Å²) in [5.41, 5.74) is 10.3. The molecular weight excluding hydrogens is 350 g/mol. The smallest absolute Gasteiger partial charge is 0.198 e. The molecule has 4 rings (SSSR count). The van der Waals surface area contributed by atoms with E-state index in [2.05, 4.69) is 56.6 Å². The van der Waals surface area contributed by atoms with Gasteiger partial charge in [0, 0.05) is 15.5 Å². The fraction of sp³-hybridized carbons (Fsp3) is 0. The SMILES string of the molecule is NC(=Nc1ccc2c3c(cccc13)C=C2)Nc1cccc(Br)c1. The number of hydrogen-bond donors (Lipinski definition) is 2. The predicted octanol–water partition coefficient (Wildman–Crippen LogP) is 5.14. The Morgan fingerprint density at radius 3 is 2.57 bits per heavy atom. The molecule has 3 N–H and O–H groups in total. The number of halogens is 1. The lowest BCUT2D eigenvalue weighted by Crippen LogP contribution is -2.21. The number of nitrogens with one attached hydrogen (secondary N) is 1. The van der Waals surface area contributed by atoms with Gasteiger partial charge in [-0.25, -0.2) is 4.99 Å². The molecule has 0 radical (unpaired) electrons. The van der Waals surface area contributed by atoms with Crippen molar-refractivity contribution in [3.63, 3.8) is 0 Å². The fourth-order valence-corrected chi connectivity index (χ4v) is 3.27. The second-order valence-corrected chi connectivity index (χ2v) is 6.33. The highest BCUT2D eigenvalue weighted by atomic mass is 79.9. The van der Waals surface area contributed by atoms with E-state index in [-0.39, 0.29) is 0 Å². The molecule has 3 nitrogen and oxygen atoms in total. The fourth-order valence-electron chi connectivity index (χ4n) is 2.87. The summed E-state index contributed by atoms with van der Waals surface area (Å²) in [5.74, 6) is 0.370. The van der Waals surface area contributed by atoms with Gasteiger partial charge in [0.2, 0.25) is 0 Å². The lowest BCUT2D eigenvalue weighted by Gasteiger charge is -2.08. The van der Waals surface area contributed by atoms with E-state index in [1.165, 1.54) is 16.5 Å². The molecule has 0 aromatic heterocycles. The minimum Gasteiger partial charge on any atom is -0.369 e. The van der Waals surface area contributed by atoms with Crippen molar-refractivity contribution in [1.82, 2.24) is 0 Å². The Morgan fingerprint density at radius 2 is 1.74 bits per heavy atom. The Hall–Kier alpha value is -2.59. The van der Waals surface area contributed by atoms with Crippen molar-refractivity contribution in [3.8, 4) is 0 Å². The van der Waals surface area contributed by atoms with Gasteiger partial charge in [0.05, 0.1) is 5.69 Å². The topological polar surface area (TPSA) is 50.4 Å². The van der Waals surface area contributed by atoms with Crippen LogP contribution in [0.1, 0.15) is 11.1 Å². The standard InChI is InChI=1S/C19H14BrN3/c20-14-4-2-5-15(11-14)22-19(21)23-17-10-9-13-8-7-12-3-1-6-16(17)18(12)13/h1-11H,(H3,21,22,23). The maximum absolute atomic E-state index is 6.08. The van der Waals surface area contributed by atoms with Crippen LogP contribution in [-0.4, -0.2) is 5.96 Å². The number of guanidine groups is 1. The zero-order chi connectivity index (χ0) is 15.8. The highest BCUT2D eigenvalue weighted by Crippen LogP contribution is 2.36. The number of hydrogen-bond acceptors (Lipinski definition) is 1. The zero-order valence-corrected chi connectivity index (χ0v) is 13.8. The second-order valence-electron chi connectivity index (χ2n) is 5.41. The average molecular weight is 364 g/mol. The summed E-state index contributed by atoms with van der Waals surface area (Å²) >= 11 is 3.45. The molecule has 0 saturated carbocycles. The number of aliphatic imine (C=N–C) groups is 1. The molecule has 112 valence electrons. The summed E-state index contributed by atoms with van der Waals surface area (Å²) < 4.78 is 0.992. The van der Waals surface area contributed by atoms with Gasteiger partial charge in [0.15, 0.2) is 5.96 Å². The lowest BCUT2D eigenvalue weighted by molar-refractivity contribution is 1.45. The number of nitrogens with zero attached hydrogens (tertiary/aromatic N) is 1. The Bertz CT molecular complexity index is 961. The van der Waals surface area contributed by atoms with Gasteiger partial charge in [-0.05, 0) is 40.8 Å². The second kappa shape index (κ2) is 5.56. The van der Waals surface area contributed by atoms with Crippen molar-refractivity contribution in [1.29, 1.82) is 0 Å². The van der Waals surface area contributed by atoms with Gasteiger partial charge in [0.25, 0.3) is 0 Å². The first-order valence-electron chi connectivity index (χ1n) is 7.31. The molecule has 0 unspecified atom stereocenters. The quantitative estimate of drug-likeness (QED) is 0.382. The van der Waals surface area contributed by atoms with E-state index in [1.807, 2.05) is 36.4 Å². The van der Waals surface area contributed by atoms with Crippen LogP contribution < -0.4 is 11.1 Å². The first-order chi connectivity index (χ1) is 11.2. The van der Waals surface area contributed by atoms with Gasteiger partial charge in [-0.3, -0.25) is 0 Å². The van der Waals surface area contributed by atoms with Crippen molar-refractivity contribution in [2.75, 3.05) is 5.32 Å². The van der Waals surface area contributed by atoms with Crippen LogP contribution in [0.15, 0.2) is 64.1 Å². The van der Waals surface area contributed by atoms with Crippen molar-refractivity contribution >= 4 is 56.2 Å². The van der Waals surface area contributed by atoms with Crippen molar-refractivity contribution in [3.05, 3.63) is 70.2 Å². The highest BCUT2D eigenvalue weighted by Gasteiger charge is 2.11. The van der Waals surface area contributed by atoms with Crippen LogP contribution in [0.2, 0.25) is 0 Å². The van der Waals surface area contributed by atoms with Crippen LogP contribution in [0.25, 0.3) is 22.9 Å². The van der Waals surface area contributed by atoms with Crippen LogP contribution in [-0.2, 0) is 0 Å². The number of anilines is 1. The van der Waals surface area contributed by atoms with E-state index in [0.717, 1.165) is 21.2 Å². The lowest BCUT2D eigenvalue weighted by atomic mass is 10.0. The third-order valence-corrected chi connectivity index (χ3v) is 4.36.